The summed E-state index contributed by atoms with van der Waals surface area (Å²) in [6.07, 6.45) is 4.69. The molecule has 1 atom stereocenters. The highest BCUT2D eigenvalue weighted by Crippen LogP contribution is 2.38. The lowest BCUT2D eigenvalue weighted by atomic mass is 10.1. The van der Waals surface area contributed by atoms with Crippen molar-refractivity contribution in [3.05, 3.63) is 35.4 Å². The van der Waals surface area contributed by atoms with E-state index in [1.165, 1.54) is 12.8 Å². The minimum absolute atomic E-state index is 0.0189. The summed E-state index contributed by atoms with van der Waals surface area (Å²) in [6, 6.07) is 4.31. The third kappa shape index (κ3) is 4.40. The largest absolute Gasteiger partial charge is 0.496 e. The number of fused-ring (bicyclic) bond motifs is 3. The van der Waals surface area contributed by atoms with Gasteiger partial charge in [-0.25, -0.2) is 20.2 Å². The van der Waals surface area contributed by atoms with Crippen molar-refractivity contribution in [1.82, 2.24) is 25.4 Å². The number of nitrogens with zero attached hydrogens (tertiary/aromatic N) is 3. The van der Waals surface area contributed by atoms with Crippen molar-refractivity contribution >= 4 is 33.7 Å². The number of nitrogens with one attached hydrogen (secondary N) is 3. The number of aromatic nitrogens is 3. The summed E-state index contributed by atoms with van der Waals surface area (Å²) in [6.45, 7) is 10.9. The summed E-state index contributed by atoms with van der Waals surface area (Å²) in [5, 5.41) is 7.28. The van der Waals surface area contributed by atoms with Crippen LogP contribution in [0.5, 0.6) is 5.75 Å². The fourth-order valence-electron chi connectivity index (χ4n) is 4.27. The van der Waals surface area contributed by atoms with Gasteiger partial charge in [0.25, 0.3) is 0 Å². The van der Waals surface area contributed by atoms with Crippen LogP contribution < -0.4 is 15.5 Å². The van der Waals surface area contributed by atoms with Crippen molar-refractivity contribution < 1.29 is 14.3 Å². The fraction of sp³-hybridized carbons (Fsp3) is 0.480. The molecular formula is C25H34N6O3. The number of hydrazine groups is 1. The third-order valence-corrected chi connectivity index (χ3v) is 6.05. The van der Waals surface area contributed by atoms with E-state index in [4.69, 9.17) is 9.47 Å². The van der Waals surface area contributed by atoms with Crippen LogP contribution in [0.15, 0.2) is 24.0 Å². The topological polar surface area (TPSA) is 104 Å². The number of aryl methyl sites for hydroxylation is 1. The first-order chi connectivity index (χ1) is 16.5. The van der Waals surface area contributed by atoms with E-state index in [9.17, 15) is 4.79 Å². The van der Waals surface area contributed by atoms with Crippen LogP contribution in [0.1, 0.15) is 56.7 Å². The van der Waals surface area contributed by atoms with Gasteiger partial charge in [0.2, 0.25) is 5.82 Å². The van der Waals surface area contributed by atoms with Crippen LogP contribution in [0, 0.1) is 12.8 Å². The Balaban J connectivity index is 0.00000133. The molecule has 9 nitrogen and oxygen atoms in total. The molecule has 1 unspecified atom stereocenters. The van der Waals surface area contributed by atoms with Crippen molar-refractivity contribution in [3.8, 4) is 5.75 Å². The average Bonchev–Trinajstić information content (AvgIpc) is 3.52. The van der Waals surface area contributed by atoms with Gasteiger partial charge < -0.3 is 19.8 Å². The summed E-state index contributed by atoms with van der Waals surface area (Å²) in [7, 11) is 1.66. The number of anilines is 1. The first kappa shape index (κ1) is 23.8. The van der Waals surface area contributed by atoms with Crippen molar-refractivity contribution in [2.75, 3.05) is 25.6 Å². The molecule has 5 rings (SSSR count). The van der Waals surface area contributed by atoms with Gasteiger partial charge in [-0.15, -0.1) is 0 Å². The Hall–Kier alpha value is -3.33. The van der Waals surface area contributed by atoms with Crippen LogP contribution in [0.2, 0.25) is 0 Å². The van der Waals surface area contributed by atoms with Gasteiger partial charge in [-0.2, -0.15) is 0 Å². The number of ether oxygens (including phenoxy) is 2. The molecule has 0 bridgehead atoms. The molecule has 2 aliphatic rings. The normalized spacial score (nSPS) is 17.4. The van der Waals surface area contributed by atoms with Gasteiger partial charge in [0, 0.05) is 17.4 Å². The molecule has 1 aliphatic heterocycles. The molecule has 2 aromatic heterocycles. The lowest BCUT2D eigenvalue weighted by Crippen LogP contribution is -2.39. The van der Waals surface area contributed by atoms with Crippen molar-refractivity contribution in [2.45, 2.75) is 53.5 Å². The van der Waals surface area contributed by atoms with Crippen LogP contribution >= 0.6 is 0 Å². The quantitative estimate of drug-likeness (QED) is 0.437. The van der Waals surface area contributed by atoms with Crippen LogP contribution in [-0.4, -0.2) is 52.2 Å². The number of aromatic amines is 1. The molecule has 1 aromatic carbocycles. The zero-order valence-electron chi connectivity index (χ0n) is 20.8. The highest BCUT2D eigenvalue weighted by atomic mass is 16.5. The Kier molecular flexibility index (Phi) is 6.92. The molecule has 0 amide bonds. The Morgan fingerprint density at radius 1 is 1.24 bits per heavy atom. The maximum atomic E-state index is 12.5. The van der Waals surface area contributed by atoms with Gasteiger partial charge >= 0.3 is 5.97 Å². The first-order valence-corrected chi connectivity index (χ1v) is 12.1. The highest BCUT2D eigenvalue weighted by molar-refractivity contribution is 6.12. The standard InChI is InChI=1S/C23H28N6O3.C2H6/c1-5-29-18(11-15(28-29)13-7-8-13)25-21-19-14-10-17(31-4)12(3)9-16(14)24-20(19)26-22(27-21)23(30)32-6-2;1-2/h9-11,13,15,28H,5-8H2,1-4H3,(H2,24,25,26,27);1-2H3. The second-order valence-corrected chi connectivity index (χ2v) is 8.25. The molecule has 1 fully saturated rings. The smallest absolute Gasteiger partial charge is 0.376 e. The monoisotopic (exact) mass is 466 g/mol. The molecule has 34 heavy (non-hydrogen) atoms. The number of carbonyl (C=O) groups excluding carboxylic acids is 1. The van der Waals surface area contributed by atoms with E-state index < -0.39 is 5.97 Å². The van der Waals surface area contributed by atoms with E-state index in [0.717, 1.165) is 40.0 Å². The van der Waals surface area contributed by atoms with Gasteiger partial charge in [0.1, 0.15) is 23.0 Å². The molecule has 3 aromatic rings. The van der Waals surface area contributed by atoms with E-state index >= 15 is 0 Å². The number of hydrogen-bond acceptors (Lipinski definition) is 8. The van der Waals surface area contributed by atoms with E-state index in [2.05, 4.69) is 43.7 Å². The summed E-state index contributed by atoms with van der Waals surface area (Å²) in [5.41, 5.74) is 6.03. The predicted octanol–water partition coefficient (Wildman–Crippen LogP) is 4.50. The molecular weight excluding hydrogens is 432 g/mol. The summed E-state index contributed by atoms with van der Waals surface area (Å²) in [5.74, 6) is 2.40. The summed E-state index contributed by atoms with van der Waals surface area (Å²) >= 11 is 0. The van der Waals surface area contributed by atoms with E-state index in [1.807, 2.05) is 32.9 Å². The summed E-state index contributed by atoms with van der Waals surface area (Å²) in [4.78, 5) is 24.9. The molecule has 0 spiro atoms. The molecule has 182 valence electrons. The lowest BCUT2D eigenvalue weighted by Gasteiger charge is -2.23. The Labute approximate surface area is 199 Å². The second kappa shape index (κ2) is 9.89. The molecule has 0 saturated heterocycles. The number of hydrogen-bond donors (Lipinski definition) is 3. The van der Waals surface area contributed by atoms with Gasteiger partial charge in [-0.3, -0.25) is 5.01 Å². The SMILES string of the molecule is CC.CCOC(=O)c1nc(NC2=CC(C3CC3)NN2CC)c2c(n1)[nH]c1cc(C)c(OC)cc12. The van der Waals surface area contributed by atoms with Crippen LogP contribution in [0.4, 0.5) is 5.82 Å². The molecule has 1 aliphatic carbocycles. The first-order valence-electron chi connectivity index (χ1n) is 12.1. The van der Waals surface area contributed by atoms with Gasteiger partial charge in [0.15, 0.2) is 0 Å². The van der Waals surface area contributed by atoms with E-state index in [-0.39, 0.29) is 12.4 Å². The molecule has 3 N–H and O–H groups in total. The maximum absolute atomic E-state index is 12.5. The minimum Gasteiger partial charge on any atom is -0.496 e. The minimum atomic E-state index is -0.549. The highest BCUT2D eigenvalue weighted by Gasteiger charge is 2.35. The third-order valence-electron chi connectivity index (χ3n) is 6.05. The van der Waals surface area contributed by atoms with Gasteiger partial charge in [-0.05, 0) is 63.3 Å². The van der Waals surface area contributed by atoms with Gasteiger partial charge in [0.05, 0.1) is 25.1 Å². The fourth-order valence-corrected chi connectivity index (χ4v) is 4.27. The number of methoxy groups -OCH3 is 1. The van der Waals surface area contributed by atoms with Crippen LogP contribution in [0.25, 0.3) is 21.9 Å². The zero-order chi connectivity index (χ0) is 24.4. The lowest BCUT2D eigenvalue weighted by molar-refractivity contribution is 0.0512. The second-order valence-electron chi connectivity index (χ2n) is 8.25. The van der Waals surface area contributed by atoms with Gasteiger partial charge in [-0.1, -0.05) is 13.8 Å². The van der Waals surface area contributed by atoms with Crippen molar-refractivity contribution in [1.29, 1.82) is 0 Å². The zero-order valence-corrected chi connectivity index (χ0v) is 20.8. The number of carbonyl (C=O) groups is 1. The Morgan fingerprint density at radius 2 is 2.00 bits per heavy atom. The Bertz CT molecular complexity index is 1230. The van der Waals surface area contributed by atoms with Crippen molar-refractivity contribution in [3.63, 3.8) is 0 Å². The predicted molar refractivity (Wildman–Crippen MR) is 134 cm³/mol. The van der Waals surface area contributed by atoms with E-state index in [0.29, 0.717) is 23.4 Å². The van der Waals surface area contributed by atoms with Crippen LogP contribution in [-0.2, 0) is 4.74 Å². The number of esters is 1. The number of H-pyrrole nitrogens is 1. The molecule has 3 heterocycles. The number of rotatable bonds is 7. The van der Waals surface area contributed by atoms with E-state index in [1.54, 1.807) is 14.0 Å². The molecule has 1 saturated carbocycles. The molecule has 9 heteroatoms. The number of benzene rings is 1. The average molecular weight is 467 g/mol. The van der Waals surface area contributed by atoms with Crippen LogP contribution in [0.3, 0.4) is 0 Å². The maximum Gasteiger partial charge on any atom is 0.376 e. The Morgan fingerprint density at radius 3 is 2.65 bits per heavy atom. The summed E-state index contributed by atoms with van der Waals surface area (Å²) < 4.78 is 10.7. The van der Waals surface area contributed by atoms with Crippen molar-refractivity contribution in [2.24, 2.45) is 5.92 Å². The molecule has 0 radical (unpaired) electrons.